The quantitative estimate of drug-likeness (QED) is 0.690. The highest BCUT2D eigenvalue weighted by atomic mass is 35.5. The van der Waals surface area contributed by atoms with Crippen molar-refractivity contribution in [3.8, 4) is 0 Å². The molecule has 1 aliphatic heterocycles. The topological polar surface area (TPSA) is 88.6 Å². The molecule has 6 nitrogen and oxygen atoms in total. The third kappa shape index (κ3) is 4.83. The highest BCUT2D eigenvalue weighted by Gasteiger charge is 2.42. The number of benzene rings is 2. The Balaban J connectivity index is 1.42. The van der Waals surface area contributed by atoms with E-state index in [1.165, 1.54) is 0 Å². The molecule has 31 heavy (non-hydrogen) atoms. The van der Waals surface area contributed by atoms with Crippen LogP contribution in [0.5, 0.6) is 0 Å². The third-order valence-electron chi connectivity index (χ3n) is 6.14. The number of nitrogens with one attached hydrogen (secondary N) is 1. The molecular formula is C24H28ClN3O3. The summed E-state index contributed by atoms with van der Waals surface area (Å²) in [5.41, 5.74) is 8.12. The van der Waals surface area contributed by atoms with Crippen LogP contribution in [0.4, 0.5) is 0 Å². The van der Waals surface area contributed by atoms with Crippen LogP contribution in [0.2, 0.25) is 5.02 Å². The average molecular weight is 442 g/mol. The van der Waals surface area contributed by atoms with Gasteiger partial charge < -0.3 is 20.6 Å². The molecule has 2 aliphatic rings. The van der Waals surface area contributed by atoms with Gasteiger partial charge in [-0.05, 0) is 48.6 Å². The Bertz CT molecular complexity index is 943. The third-order valence-corrected chi connectivity index (χ3v) is 6.47. The normalized spacial score (nSPS) is 24.7. The predicted molar refractivity (Wildman–Crippen MR) is 121 cm³/mol. The first-order valence-corrected chi connectivity index (χ1v) is 11.1. The molecule has 2 aromatic rings. The van der Waals surface area contributed by atoms with E-state index in [4.69, 9.17) is 32.2 Å². The van der Waals surface area contributed by atoms with Crippen LogP contribution >= 0.6 is 11.6 Å². The van der Waals surface area contributed by atoms with Gasteiger partial charge in [0.25, 0.3) is 0 Å². The van der Waals surface area contributed by atoms with Gasteiger partial charge in [-0.2, -0.15) is 0 Å². The SMILES string of the molecule is N=C1[C@@H](OC(=O)c2ccc(CN3CCOCC3)cc2)CCC[C@]1(N)c1ccccc1Cl. The van der Waals surface area contributed by atoms with E-state index >= 15 is 0 Å². The van der Waals surface area contributed by atoms with E-state index in [1.54, 1.807) is 18.2 Å². The highest BCUT2D eigenvalue weighted by molar-refractivity contribution is 6.31. The lowest BCUT2D eigenvalue weighted by atomic mass is 9.74. The summed E-state index contributed by atoms with van der Waals surface area (Å²) >= 11 is 6.35. The summed E-state index contributed by atoms with van der Waals surface area (Å²) in [7, 11) is 0. The fourth-order valence-corrected chi connectivity index (χ4v) is 4.62. The van der Waals surface area contributed by atoms with Gasteiger partial charge in [-0.3, -0.25) is 4.90 Å². The van der Waals surface area contributed by atoms with E-state index < -0.39 is 17.6 Å². The second-order valence-corrected chi connectivity index (χ2v) is 8.64. The molecule has 1 aliphatic carbocycles. The van der Waals surface area contributed by atoms with Crippen molar-refractivity contribution in [2.45, 2.75) is 37.5 Å². The Morgan fingerprint density at radius 2 is 1.90 bits per heavy atom. The van der Waals surface area contributed by atoms with Crippen LogP contribution in [-0.4, -0.2) is 49.0 Å². The standard InChI is InChI=1S/C24H28ClN3O3/c25-20-5-2-1-4-19(20)24(27)11-3-6-21(22(24)26)31-23(29)18-9-7-17(8-10-18)16-28-12-14-30-15-13-28/h1-2,4-5,7-10,21,26H,3,6,11-16,27H2/t21-,24-/m0/s1. The number of ether oxygens (including phenoxy) is 2. The van der Waals surface area contributed by atoms with E-state index in [1.807, 2.05) is 30.3 Å². The molecule has 1 heterocycles. The van der Waals surface area contributed by atoms with Crippen LogP contribution in [0, 0.1) is 5.41 Å². The first kappa shape index (κ1) is 22.0. The zero-order valence-electron chi connectivity index (χ0n) is 17.5. The van der Waals surface area contributed by atoms with Crippen molar-refractivity contribution in [3.63, 3.8) is 0 Å². The maximum atomic E-state index is 12.8. The van der Waals surface area contributed by atoms with Gasteiger partial charge in [-0.15, -0.1) is 0 Å². The first-order valence-electron chi connectivity index (χ1n) is 10.7. The van der Waals surface area contributed by atoms with Gasteiger partial charge >= 0.3 is 5.97 Å². The second kappa shape index (κ2) is 9.49. The van der Waals surface area contributed by atoms with Crippen LogP contribution in [0.25, 0.3) is 0 Å². The molecule has 7 heteroatoms. The average Bonchev–Trinajstić information content (AvgIpc) is 2.78. The minimum Gasteiger partial charge on any atom is -0.453 e. The van der Waals surface area contributed by atoms with Crippen LogP contribution in [0.15, 0.2) is 48.5 Å². The van der Waals surface area contributed by atoms with Crippen molar-refractivity contribution in [2.24, 2.45) is 5.73 Å². The Hall–Kier alpha value is -2.25. The van der Waals surface area contributed by atoms with Gasteiger partial charge in [0.15, 0.2) is 0 Å². The fourth-order valence-electron chi connectivity index (χ4n) is 4.31. The van der Waals surface area contributed by atoms with Crippen molar-refractivity contribution < 1.29 is 14.3 Å². The molecule has 0 unspecified atom stereocenters. The smallest absolute Gasteiger partial charge is 0.338 e. The van der Waals surface area contributed by atoms with Crippen molar-refractivity contribution in [2.75, 3.05) is 26.3 Å². The van der Waals surface area contributed by atoms with Crippen molar-refractivity contribution >= 4 is 23.3 Å². The monoisotopic (exact) mass is 441 g/mol. The first-order chi connectivity index (χ1) is 15.0. The number of nitrogens with two attached hydrogens (primary N) is 1. The number of halogens is 1. The molecule has 1 saturated carbocycles. The summed E-state index contributed by atoms with van der Waals surface area (Å²) in [4.78, 5) is 15.1. The molecule has 3 N–H and O–H groups in total. The molecule has 0 radical (unpaired) electrons. The maximum absolute atomic E-state index is 12.8. The Kier molecular flexibility index (Phi) is 6.72. The lowest BCUT2D eigenvalue weighted by Gasteiger charge is -2.39. The molecule has 164 valence electrons. The number of hydrogen-bond acceptors (Lipinski definition) is 6. The molecule has 2 atom stereocenters. The number of carbonyl (C=O) groups is 1. The Labute approximate surface area is 187 Å². The Morgan fingerprint density at radius 1 is 1.19 bits per heavy atom. The largest absolute Gasteiger partial charge is 0.453 e. The number of morpholine rings is 1. The lowest BCUT2D eigenvalue weighted by Crippen LogP contribution is -2.53. The fraction of sp³-hybridized carbons (Fsp3) is 0.417. The summed E-state index contributed by atoms with van der Waals surface area (Å²) in [6.45, 7) is 4.18. The molecule has 0 bridgehead atoms. The van der Waals surface area contributed by atoms with E-state index in [2.05, 4.69) is 4.90 Å². The summed E-state index contributed by atoms with van der Waals surface area (Å²) in [6, 6.07) is 14.8. The van der Waals surface area contributed by atoms with Crippen LogP contribution in [-0.2, 0) is 21.6 Å². The van der Waals surface area contributed by atoms with Gasteiger partial charge in [0.2, 0.25) is 0 Å². The van der Waals surface area contributed by atoms with Gasteiger partial charge in [0.05, 0.1) is 30.0 Å². The van der Waals surface area contributed by atoms with Gasteiger partial charge in [-0.1, -0.05) is 41.9 Å². The number of hydrogen-bond donors (Lipinski definition) is 2. The van der Waals surface area contributed by atoms with E-state index in [0.29, 0.717) is 29.0 Å². The molecule has 2 aromatic carbocycles. The maximum Gasteiger partial charge on any atom is 0.338 e. The molecule has 1 saturated heterocycles. The van der Waals surface area contributed by atoms with Crippen LogP contribution in [0.1, 0.15) is 40.7 Å². The van der Waals surface area contributed by atoms with Crippen molar-refractivity contribution in [1.29, 1.82) is 5.41 Å². The highest BCUT2D eigenvalue weighted by Crippen LogP contribution is 2.37. The molecule has 0 amide bonds. The summed E-state index contributed by atoms with van der Waals surface area (Å²) in [6.07, 6.45) is 1.28. The second-order valence-electron chi connectivity index (χ2n) is 8.24. The Morgan fingerprint density at radius 3 is 2.61 bits per heavy atom. The zero-order valence-corrected chi connectivity index (χ0v) is 18.2. The molecule has 4 rings (SSSR count). The van der Waals surface area contributed by atoms with Crippen LogP contribution in [0.3, 0.4) is 0 Å². The summed E-state index contributed by atoms with van der Waals surface area (Å²) in [5.74, 6) is -0.434. The minimum atomic E-state index is -1.02. The summed E-state index contributed by atoms with van der Waals surface area (Å²) < 4.78 is 11.1. The molecule has 2 fully saturated rings. The number of nitrogens with zero attached hydrogens (tertiary/aromatic N) is 1. The number of carbonyl (C=O) groups excluding carboxylic acids is 1. The van der Waals surface area contributed by atoms with E-state index in [9.17, 15) is 4.79 Å². The van der Waals surface area contributed by atoms with Crippen LogP contribution < -0.4 is 5.73 Å². The van der Waals surface area contributed by atoms with Crippen molar-refractivity contribution in [3.05, 3.63) is 70.2 Å². The van der Waals surface area contributed by atoms with E-state index in [0.717, 1.165) is 44.8 Å². The summed E-state index contributed by atoms with van der Waals surface area (Å²) in [5, 5.41) is 9.22. The van der Waals surface area contributed by atoms with Gasteiger partial charge in [-0.25, -0.2) is 4.79 Å². The van der Waals surface area contributed by atoms with Crippen molar-refractivity contribution in [1.82, 2.24) is 4.90 Å². The predicted octanol–water partition coefficient (Wildman–Crippen LogP) is 3.76. The number of esters is 1. The van der Waals surface area contributed by atoms with E-state index in [-0.39, 0.29) is 5.71 Å². The zero-order chi connectivity index (χ0) is 21.8. The number of rotatable bonds is 5. The van der Waals surface area contributed by atoms with Gasteiger partial charge in [0, 0.05) is 24.7 Å². The molecule has 0 aromatic heterocycles. The minimum absolute atomic E-state index is 0.198. The van der Waals surface area contributed by atoms with Gasteiger partial charge in [0.1, 0.15) is 6.10 Å². The molecule has 0 spiro atoms. The molecular weight excluding hydrogens is 414 g/mol. The lowest BCUT2D eigenvalue weighted by molar-refractivity contribution is 0.0342.